The van der Waals surface area contributed by atoms with Gasteiger partial charge in [-0.05, 0) is 43.6 Å². The minimum Gasteiger partial charge on any atom is -0.375 e. The van der Waals surface area contributed by atoms with Gasteiger partial charge in [0.2, 0.25) is 0 Å². The van der Waals surface area contributed by atoms with Gasteiger partial charge < -0.3 is 15.8 Å². The molecule has 0 amide bonds. The standard InChI is InChI=1S/C13H19ClN2O.2ClH/c14-12-3-1-11(2-4-12)9-17-10-13(15)5-7-16-8-6-13;;/h1-4,16H,5-10,15H2;2*1H. The van der Waals surface area contributed by atoms with Crippen LogP contribution in [0.2, 0.25) is 5.02 Å². The number of ether oxygens (including phenoxy) is 1. The largest absolute Gasteiger partial charge is 0.375 e. The molecule has 0 aliphatic carbocycles. The molecule has 3 nitrogen and oxygen atoms in total. The monoisotopic (exact) mass is 326 g/mol. The SMILES string of the molecule is Cl.Cl.NC1(COCc2ccc(Cl)cc2)CCNCC1. The van der Waals surface area contributed by atoms with Gasteiger partial charge in [0.05, 0.1) is 13.2 Å². The smallest absolute Gasteiger partial charge is 0.0717 e. The van der Waals surface area contributed by atoms with Crippen molar-refractivity contribution in [3.05, 3.63) is 34.9 Å². The Morgan fingerprint density at radius 2 is 1.74 bits per heavy atom. The first-order chi connectivity index (χ1) is 8.18. The zero-order chi connectivity index (χ0) is 12.1. The fourth-order valence-corrected chi connectivity index (χ4v) is 2.15. The van der Waals surface area contributed by atoms with Crippen LogP contribution in [0.15, 0.2) is 24.3 Å². The molecule has 0 unspecified atom stereocenters. The summed E-state index contributed by atoms with van der Waals surface area (Å²) in [6.07, 6.45) is 1.96. The van der Waals surface area contributed by atoms with Crippen molar-refractivity contribution in [3.63, 3.8) is 0 Å². The Morgan fingerprint density at radius 1 is 1.16 bits per heavy atom. The van der Waals surface area contributed by atoms with Gasteiger partial charge in [0.1, 0.15) is 0 Å². The zero-order valence-electron chi connectivity index (χ0n) is 10.7. The Labute approximate surface area is 132 Å². The fraction of sp³-hybridized carbons (Fsp3) is 0.538. The summed E-state index contributed by atoms with van der Waals surface area (Å²) in [6, 6.07) is 7.72. The fourth-order valence-electron chi connectivity index (χ4n) is 2.02. The van der Waals surface area contributed by atoms with Crippen molar-refractivity contribution >= 4 is 36.4 Å². The van der Waals surface area contributed by atoms with Gasteiger partial charge in [0, 0.05) is 10.6 Å². The molecule has 1 aromatic carbocycles. The predicted molar refractivity (Wildman–Crippen MR) is 84.6 cm³/mol. The van der Waals surface area contributed by atoms with Gasteiger partial charge >= 0.3 is 0 Å². The topological polar surface area (TPSA) is 47.3 Å². The third-order valence-electron chi connectivity index (χ3n) is 3.17. The highest BCUT2D eigenvalue weighted by Crippen LogP contribution is 2.16. The summed E-state index contributed by atoms with van der Waals surface area (Å²) in [5, 5.41) is 4.06. The second kappa shape index (κ2) is 9.01. The predicted octanol–water partition coefficient (Wildman–Crippen LogP) is 2.78. The molecule has 0 aromatic heterocycles. The average molecular weight is 328 g/mol. The highest BCUT2D eigenvalue weighted by molar-refractivity contribution is 6.30. The number of nitrogens with two attached hydrogens (primary N) is 1. The minimum absolute atomic E-state index is 0. The molecule has 0 saturated carbocycles. The Morgan fingerprint density at radius 3 is 2.32 bits per heavy atom. The number of rotatable bonds is 4. The molecule has 0 radical (unpaired) electrons. The van der Waals surface area contributed by atoms with Crippen LogP contribution < -0.4 is 11.1 Å². The second-order valence-corrected chi connectivity index (χ2v) is 5.17. The van der Waals surface area contributed by atoms with Crippen molar-refractivity contribution in [1.29, 1.82) is 0 Å². The number of piperidine rings is 1. The van der Waals surface area contributed by atoms with Gasteiger partial charge in [-0.25, -0.2) is 0 Å². The van der Waals surface area contributed by atoms with E-state index in [1.807, 2.05) is 24.3 Å². The van der Waals surface area contributed by atoms with Crippen molar-refractivity contribution in [2.24, 2.45) is 5.73 Å². The molecule has 1 aliphatic heterocycles. The first-order valence-corrected chi connectivity index (χ1v) is 6.38. The molecule has 1 fully saturated rings. The molecule has 19 heavy (non-hydrogen) atoms. The first kappa shape index (κ1) is 19.0. The average Bonchev–Trinajstić information content (AvgIpc) is 2.32. The van der Waals surface area contributed by atoms with Gasteiger partial charge in [0.25, 0.3) is 0 Å². The molecule has 0 spiro atoms. The summed E-state index contributed by atoms with van der Waals surface area (Å²) < 4.78 is 5.71. The van der Waals surface area contributed by atoms with Crippen LogP contribution in [0.1, 0.15) is 18.4 Å². The van der Waals surface area contributed by atoms with Gasteiger partial charge in [-0.2, -0.15) is 0 Å². The lowest BCUT2D eigenvalue weighted by Gasteiger charge is -2.33. The third-order valence-corrected chi connectivity index (χ3v) is 3.42. The van der Waals surface area contributed by atoms with E-state index in [0.717, 1.165) is 36.5 Å². The normalized spacial score (nSPS) is 17.2. The Hall–Kier alpha value is -0.0300. The number of nitrogens with one attached hydrogen (secondary N) is 1. The summed E-state index contributed by atoms with van der Waals surface area (Å²) in [4.78, 5) is 0. The molecule has 0 atom stereocenters. The van der Waals surface area contributed by atoms with E-state index in [2.05, 4.69) is 5.32 Å². The minimum atomic E-state index is -0.155. The Kier molecular flexibility index (Phi) is 8.99. The van der Waals surface area contributed by atoms with Crippen molar-refractivity contribution in [2.75, 3.05) is 19.7 Å². The van der Waals surface area contributed by atoms with E-state index in [-0.39, 0.29) is 30.4 Å². The van der Waals surface area contributed by atoms with E-state index in [1.54, 1.807) is 0 Å². The molecule has 0 bridgehead atoms. The van der Waals surface area contributed by atoms with E-state index >= 15 is 0 Å². The van der Waals surface area contributed by atoms with Gasteiger partial charge in [-0.1, -0.05) is 23.7 Å². The van der Waals surface area contributed by atoms with E-state index < -0.39 is 0 Å². The number of hydrogen-bond acceptors (Lipinski definition) is 3. The summed E-state index contributed by atoms with van der Waals surface area (Å²) >= 11 is 5.82. The van der Waals surface area contributed by atoms with E-state index in [9.17, 15) is 0 Å². The first-order valence-electron chi connectivity index (χ1n) is 6.00. The lowest BCUT2D eigenvalue weighted by molar-refractivity contribution is 0.0603. The quantitative estimate of drug-likeness (QED) is 0.894. The highest BCUT2D eigenvalue weighted by atomic mass is 35.5. The van der Waals surface area contributed by atoms with Gasteiger partial charge in [-0.3, -0.25) is 0 Å². The molecule has 6 heteroatoms. The van der Waals surface area contributed by atoms with Crippen molar-refractivity contribution in [3.8, 4) is 0 Å². The molecule has 1 saturated heterocycles. The second-order valence-electron chi connectivity index (χ2n) is 4.73. The number of benzene rings is 1. The molecule has 1 aliphatic rings. The van der Waals surface area contributed by atoms with E-state index in [0.29, 0.717) is 13.2 Å². The molecule has 3 N–H and O–H groups in total. The van der Waals surface area contributed by atoms with E-state index in [4.69, 9.17) is 22.1 Å². The molecule has 2 rings (SSSR count). The van der Waals surface area contributed by atoms with Crippen molar-refractivity contribution in [2.45, 2.75) is 25.0 Å². The Balaban J connectivity index is 0.00000162. The third kappa shape index (κ3) is 6.30. The summed E-state index contributed by atoms with van der Waals surface area (Å²) in [6.45, 7) is 3.20. The molecule has 1 heterocycles. The van der Waals surface area contributed by atoms with Crippen molar-refractivity contribution in [1.82, 2.24) is 5.32 Å². The lowest BCUT2D eigenvalue weighted by Crippen LogP contribution is -2.52. The maximum atomic E-state index is 6.26. The zero-order valence-corrected chi connectivity index (χ0v) is 13.1. The van der Waals surface area contributed by atoms with Gasteiger partial charge in [-0.15, -0.1) is 24.8 Å². The van der Waals surface area contributed by atoms with Gasteiger partial charge in [0.15, 0.2) is 0 Å². The molecule has 110 valence electrons. The van der Waals surface area contributed by atoms with Crippen LogP contribution in [-0.2, 0) is 11.3 Å². The Bertz CT molecular complexity index is 353. The molecule has 1 aromatic rings. The van der Waals surface area contributed by atoms with Crippen LogP contribution in [0.25, 0.3) is 0 Å². The van der Waals surface area contributed by atoms with Crippen LogP contribution in [0, 0.1) is 0 Å². The van der Waals surface area contributed by atoms with Crippen LogP contribution in [0.4, 0.5) is 0 Å². The molecular weight excluding hydrogens is 307 g/mol. The van der Waals surface area contributed by atoms with Crippen LogP contribution in [0.5, 0.6) is 0 Å². The maximum Gasteiger partial charge on any atom is 0.0717 e. The van der Waals surface area contributed by atoms with Crippen LogP contribution in [0.3, 0.4) is 0 Å². The number of halogens is 3. The highest BCUT2D eigenvalue weighted by Gasteiger charge is 2.27. The van der Waals surface area contributed by atoms with E-state index in [1.165, 1.54) is 0 Å². The van der Waals surface area contributed by atoms with Crippen LogP contribution >= 0.6 is 36.4 Å². The number of hydrogen-bond donors (Lipinski definition) is 2. The molecular formula is C13H21Cl3N2O. The van der Waals surface area contributed by atoms with Crippen LogP contribution in [-0.4, -0.2) is 25.2 Å². The summed E-state index contributed by atoms with van der Waals surface area (Å²) in [5.74, 6) is 0. The van der Waals surface area contributed by atoms with Crippen molar-refractivity contribution < 1.29 is 4.74 Å². The summed E-state index contributed by atoms with van der Waals surface area (Å²) in [7, 11) is 0. The maximum absolute atomic E-state index is 6.26. The summed E-state index contributed by atoms with van der Waals surface area (Å²) in [5.41, 5.74) is 7.24. The lowest BCUT2D eigenvalue weighted by atomic mass is 9.91.